The Kier molecular flexibility index (Phi) is 1.87. The Morgan fingerprint density at radius 2 is 2.23 bits per heavy atom. The van der Waals surface area contributed by atoms with Crippen molar-refractivity contribution in [2.75, 3.05) is 5.73 Å². The molecule has 2 N–H and O–H groups in total. The summed E-state index contributed by atoms with van der Waals surface area (Å²) in [5, 5.41) is 0. The van der Waals surface area contributed by atoms with Gasteiger partial charge < -0.3 is 10.3 Å². The SMILES string of the molecule is CCc1cc(N)cc(=O)n1C1CC1. The Hall–Kier alpha value is -1.25. The lowest BCUT2D eigenvalue weighted by Gasteiger charge is -2.10. The zero-order chi connectivity index (χ0) is 9.42. The fourth-order valence-corrected chi connectivity index (χ4v) is 1.68. The number of anilines is 1. The van der Waals surface area contributed by atoms with Crippen LogP contribution in [0.25, 0.3) is 0 Å². The van der Waals surface area contributed by atoms with Crippen LogP contribution in [0.1, 0.15) is 31.5 Å². The molecule has 0 spiro atoms. The first-order valence-electron chi connectivity index (χ1n) is 4.73. The zero-order valence-corrected chi connectivity index (χ0v) is 7.79. The van der Waals surface area contributed by atoms with E-state index in [1.165, 1.54) is 6.07 Å². The third-order valence-corrected chi connectivity index (χ3v) is 2.44. The normalized spacial score (nSPS) is 16.1. The monoisotopic (exact) mass is 178 g/mol. The van der Waals surface area contributed by atoms with E-state index >= 15 is 0 Å². The number of aryl methyl sites for hydroxylation is 1. The van der Waals surface area contributed by atoms with Crippen LogP contribution in [0.5, 0.6) is 0 Å². The molecular formula is C10H14N2O. The van der Waals surface area contributed by atoms with E-state index in [1.807, 2.05) is 17.6 Å². The maximum atomic E-state index is 11.6. The second-order valence-electron chi connectivity index (χ2n) is 3.57. The van der Waals surface area contributed by atoms with Crippen LogP contribution in [0.2, 0.25) is 0 Å². The van der Waals surface area contributed by atoms with Gasteiger partial charge in [0, 0.05) is 23.5 Å². The van der Waals surface area contributed by atoms with E-state index in [0.29, 0.717) is 11.7 Å². The van der Waals surface area contributed by atoms with Crippen molar-refractivity contribution >= 4 is 5.69 Å². The van der Waals surface area contributed by atoms with Crippen LogP contribution in [0.4, 0.5) is 5.69 Å². The van der Waals surface area contributed by atoms with Gasteiger partial charge in [-0.05, 0) is 25.3 Å². The van der Waals surface area contributed by atoms with Crippen LogP contribution in [0, 0.1) is 0 Å². The summed E-state index contributed by atoms with van der Waals surface area (Å²) in [6, 6.07) is 3.86. The van der Waals surface area contributed by atoms with Gasteiger partial charge in [-0.25, -0.2) is 0 Å². The van der Waals surface area contributed by atoms with E-state index in [9.17, 15) is 4.79 Å². The molecule has 0 saturated heterocycles. The van der Waals surface area contributed by atoms with E-state index in [0.717, 1.165) is 25.0 Å². The van der Waals surface area contributed by atoms with Gasteiger partial charge in [0.1, 0.15) is 0 Å². The Labute approximate surface area is 77.2 Å². The Morgan fingerprint density at radius 3 is 2.77 bits per heavy atom. The largest absolute Gasteiger partial charge is 0.399 e. The van der Waals surface area contributed by atoms with Crippen molar-refractivity contribution in [2.24, 2.45) is 0 Å². The van der Waals surface area contributed by atoms with Gasteiger partial charge in [0.2, 0.25) is 0 Å². The smallest absolute Gasteiger partial charge is 0.253 e. The quantitative estimate of drug-likeness (QED) is 0.742. The molecule has 0 amide bonds. The first kappa shape index (κ1) is 8.35. The van der Waals surface area contributed by atoms with E-state index in [-0.39, 0.29) is 5.56 Å². The average Bonchev–Trinajstić information content (AvgIpc) is 2.86. The summed E-state index contributed by atoms with van der Waals surface area (Å²) in [4.78, 5) is 11.6. The van der Waals surface area contributed by atoms with E-state index < -0.39 is 0 Å². The van der Waals surface area contributed by atoms with E-state index in [4.69, 9.17) is 5.73 Å². The van der Waals surface area contributed by atoms with Crippen LogP contribution in [0.3, 0.4) is 0 Å². The van der Waals surface area contributed by atoms with Crippen LogP contribution >= 0.6 is 0 Å². The van der Waals surface area contributed by atoms with Gasteiger partial charge in [-0.15, -0.1) is 0 Å². The Bertz CT molecular complexity index is 377. The van der Waals surface area contributed by atoms with Gasteiger partial charge >= 0.3 is 0 Å². The van der Waals surface area contributed by atoms with Crippen molar-refractivity contribution in [2.45, 2.75) is 32.2 Å². The number of pyridine rings is 1. The molecule has 1 aromatic heterocycles. The van der Waals surface area contributed by atoms with Gasteiger partial charge in [-0.1, -0.05) is 6.92 Å². The highest BCUT2D eigenvalue weighted by molar-refractivity contribution is 5.38. The Balaban J connectivity index is 2.56. The summed E-state index contributed by atoms with van der Waals surface area (Å²) in [5.41, 5.74) is 7.31. The molecule has 0 radical (unpaired) electrons. The molecule has 2 rings (SSSR count). The first-order chi connectivity index (χ1) is 6.22. The van der Waals surface area contributed by atoms with Crippen LogP contribution in [-0.4, -0.2) is 4.57 Å². The lowest BCUT2D eigenvalue weighted by molar-refractivity contribution is 0.664. The van der Waals surface area contributed by atoms with Crippen LogP contribution < -0.4 is 11.3 Å². The molecule has 0 bridgehead atoms. The van der Waals surface area contributed by atoms with Crippen molar-refractivity contribution in [3.05, 3.63) is 28.2 Å². The Morgan fingerprint density at radius 1 is 1.54 bits per heavy atom. The van der Waals surface area contributed by atoms with E-state index in [1.54, 1.807) is 0 Å². The van der Waals surface area contributed by atoms with Crippen molar-refractivity contribution in [3.8, 4) is 0 Å². The maximum absolute atomic E-state index is 11.6. The molecule has 0 unspecified atom stereocenters. The molecule has 1 heterocycles. The lowest BCUT2D eigenvalue weighted by atomic mass is 10.2. The molecule has 1 saturated carbocycles. The zero-order valence-electron chi connectivity index (χ0n) is 7.79. The third-order valence-electron chi connectivity index (χ3n) is 2.44. The minimum atomic E-state index is 0.0550. The molecular weight excluding hydrogens is 164 g/mol. The summed E-state index contributed by atoms with van der Waals surface area (Å²) in [6.07, 6.45) is 3.14. The number of nitrogens with two attached hydrogens (primary N) is 1. The number of nitrogen functional groups attached to an aromatic ring is 1. The molecule has 70 valence electrons. The maximum Gasteiger partial charge on any atom is 0.253 e. The predicted octanol–water partition coefficient (Wildman–Crippen LogP) is 1.33. The standard InChI is InChI=1S/C10H14N2O/c1-2-8-5-7(11)6-10(13)12(8)9-3-4-9/h5-6,9H,2-4,11H2,1H3. The van der Waals surface area contributed by atoms with Gasteiger partial charge in [-0.3, -0.25) is 4.79 Å². The van der Waals surface area contributed by atoms with Gasteiger partial charge in [0.15, 0.2) is 0 Å². The summed E-state index contributed by atoms with van der Waals surface area (Å²) in [6.45, 7) is 2.05. The highest BCUT2D eigenvalue weighted by Crippen LogP contribution is 2.34. The highest BCUT2D eigenvalue weighted by atomic mass is 16.1. The number of aromatic nitrogens is 1. The van der Waals surface area contributed by atoms with Crippen molar-refractivity contribution in [3.63, 3.8) is 0 Å². The minimum Gasteiger partial charge on any atom is -0.399 e. The predicted molar refractivity (Wildman–Crippen MR) is 52.8 cm³/mol. The highest BCUT2D eigenvalue weighted by Gasteiger charge is 2.26. The summed E-state index contributed by atoms with van der Waals surface area (Å²) in [5.74, 6) is 0. The van der Waals surface area contributed by atoms with Gasteiger partial charge in [0.25, 0.3) is 5.56 Å². The number of nitrogens with zero attached hydrogens (tertiary/aromatic N) is 1. The molecule has 0 aromatic carbocycles. The van der Waals surface area contributed by atoms with Gasteiger partial charge in [-0.2, -0.15) is 0 Å². The molecule has 1 aliphatic carbocycles. The third kappa shape index (κ3) is 1.46. The summed E-state index contributed by atoms with van der Waals surface area (Å²) >= 11 is 0. The van der Waals surface area contributed by atoms with Crippen molar-refractivity contribution < 1.29 is 0 Å². The minimum absolute atomic E-state index is 0.0550. The average molecular weight is 178 g/mol. The van der Waals surface area contributed by atoms with Crippen molar-refractivity contribution in [1.29, 1.82) is 0 Å². The van der Waals surface area contributed by atoms with Crippen molar-refractivity contribution in [1.82, 2.24) is 4.57 Å². The van der Waals surface area contributed by atoms with Crippen LogP contribution in [0.15, 0.2) is 16.9 Å². The lowest BCUT2D eigenvalue weighted by Crippen LogP contribution is -2.22. The van der Waals surface area contributed by atoms with E-state index in [2.05, 4.69) is 0 Å². The summed E-state index contributed by atoms with van der Waals surface area (Å²) in [7, 11) is 0. The molecule has 1 aliphatic rings. The molecule has 3 heteroatoms. The molecule has 0 atom stereocenters. The van der Waals surface area contributed by atoms with Gasteiger partial charge in [0.05, 0.1) is 0 Å². The number of hydrogen-bond acceptors (Lipinski definition) is 2. The second-order valence-corrected chi connectivity index (χ2v) is 3.57. The fraction of sp³-hybridized carbons (Fsp3) is 0.500. The second kappa shape index (κ2) is 2.91. The topological polar surface area (TPSA) is 48.0 Å². The molecule has 0 aliphatic heterocycles. The van der Waals surface area contributed by atoms with Crippen LogP contribution in [-0.2, 0) is 6.42 Å². The molecule has 1 fully saturated rings. The number of hydrogen-bond donors (Lipinski definition) is 1. The molecule has 1 aromatic rings. The molecule has 13 heavy (non-hydrogen) atoms. The first-order valence-corrected chi connectivity index (χ1v) is 4.73. The fourth-order valence-electron chi connectivity index (χ4n) is 1.68. The molecule has 3 nitrogen and oxygen atoms in total. The summed E-state index contributed by atoms with van der Waals surface area (Å²) < 4.78 is 1.89. The number of rotatable bonds is 2.